The number of hydrogen-bond donors (Lipinski definition) is 2. The molecule has 5 aromatic rings. The van der Waals surface area contributed by atoms with Crippen LogP contribution in [0.5, 0.6) is 5.75 Å². The number of imide groups is 1. The molecule has 0 unspecified atom stereocenters. The summed E-state index contributed by atoms with van der Waals surface area (Å²) >= 11 is 6.55. The molecule has 7 heterocycles. The monoisotopic (exact) mass is 891 g/mol. The molecule has 3 aromatic heterocycles. The first-order chi connectivity index (χ1) is 30.2. The highest BCUT2D eigenvalue weighted by atomic mass is 35.5. The third-order valence-corrected chi connectivity index (χ3v) is 13.5. The van der Waals surface area contributed by atoms with Gasteiger partial charge in [0.05, 0.1) is 40.3 Å². The number of alkyl halides is 2. The van der Waals surface area contributed by atoms with Gasteiger partial charge in [0.2, 0.25) is 23.5 Å². The molecule has 4 aliphatic heterocycles. The van der Waals surface area contributed by atoms with Crippen molar-refractivity contribution < 1.29 is 31.9 Å². The normalized spacial score (nSPS) is 21.1. The van der Waals surface area contributed by atoms with Gasteiger partial charge in [0.1, 0.15) is 16.7 Å². The Hall–Kier alpha value is -5.69. The average Bonchev–Trinajstić information content (AvgIpc) is 4.07. The molecule has 20 heteroatoms. The lowest BCUT2D eigenvalue weighted by Crippen LogP contribution is -2.49. The zero-order valence-corrected chi connectivity index (χ0v) is 35.5. The predicted octanol–water partition coefficient (Wildman–Crippen LogP) is 6.19. The lowest BCUT2D eigenvalue weighted by molar-refractivity contribution is -0.129. The van der Waals surface area contributed by atoms with E-state index in [0.29, 0.717) is 79.3 Å². The van der Waals surface area contributed by atoms with Crippen LogP contribution in [0.4, 0.5) is 52.2 Å². The second kappa shape index (κ2) is 15.8. The second-order valence-electron chi connectivity index (χ2n) is 17.4. The number of nitrogens with one attached hydrogen (secondary N) is 2. The van der Waals surface area contributed by atoms with Crippen LogP contribution in [0.1, 0.15) is 44.9 Å². The van der Waals surface area contributed by atoms with Crippen LogP contribution >= 0.6 is 11.6 Å². The standard InChI is InChI=1S/C43H46ClF4N11O4/c1-54-31-18-28(45)30(17-25(31)36-37(41(54)62)63-22-43(47,48)38(51-36)24-6-7-24)50-39-27(44)20-49-42(52-39)58-10-8-23(9-11-58)21-56-12-14-57(15-13-56)33-19-32-26(16-29(33)46)40(53-55(32)2)59-34(60)4-3-5-35(59)61/h16-20,23-24,38,51H,3-15,21-22H2,1-2H3,(H,49,50,52)/t38-/m0/s1. The number of amides is 2. The van der Waals surface area contributed by atoms with Gasteiger partial charge in [-0.3, -0.25) is 24.0 Å². The Balaban J connectivity index is 0.784. The summed E-state index contributed by atoms with van der Waals surface area (Å²) in [5.41, 5.74) is 0.739. The summed E-state index contributed by atoms with van der Waals surface area (Å²) in [6.07, 6.45) is 5.48. The highest BCUT2D eigenvalue weighted by Crippen LogP contribution is 2.46. The maximum absolute atomic E-state index is 15.8. The maximum atomic E-state index is 15.8. The van der Waals surface area contributed by atoms with Crippen LogP contribution in [0, 0.1) is 23.5 Å². The van der Waals surface area contributed by atoms with E-state index in [1.165, 1.54) is 36.0 Å². The summed E-state index contributed by atoms with van der Waals surface area (Å²) < 4.78 is 70.0. The molecular formula is C43H46ClF4N11O4. The van der Waals surface area contributed by atoms with E-state index in [1.807, 2.05) is 4.90 Å². The van der Waals surface area contributed by atoms with Crippen molar-refractivity contribution in [2.45, 2.75) is 56.9 Å². The number of aromatic nitrogens is 5. The molecule has 2 aromatic carbocycles. The van der Waals surface area contributed by atoms with E-state index in [2.05, 4.69) is 35.5 Å². The van der Waals surface area contributed by atoms with Gasteiger partial charge in [-0.2, -0.15) is 10.1 Å². The van der Waals surface area contributed by atoms with Crippen molar-refractivity contribution in [1.29, 1.82) is 0 Å². The number of carbonyl (C=O) groups excluding carboxylic acids is 2. The minimum atomic E-state index is -3.22. The fourth-order valence-corrected chi connectivity index (χ4v) is 9.68. The minimum absolute atomic E-state index is 0.0212. The van der Waals surface area contributed by atoms with Crippen molar-refractivity contribution in [3.8, 4) is 5.75 Å². The van der Waals surface area contributed by atoms with Crippen LogP contribution in [-0.4, -0.2) is 105 Å². The number of anilines is 6. The third kappa shape index (κ3) is 7.55. The number of pyridine rings is 1. The molecule has 3 saturated heterocycles. The van der Waals surface area contributed by atoms with E-state index in [-0.39, 0.29) is 69.9 Å². The zero-order chi connectivity index (χ0) is 43.9. The Morgan fingerprint density at radius 3 is 2.33 bits per heavy atom. The molecule has 63 heavy (non-hydrogen) atoms. The number of hydrogen-bond acceptors (Lipinski definition) is 12. The topological polar surface area (TPSA) is 146 Å². The van der Waals surface area contributed by atoms with Crippen LogP contribution in [-0.2, 0) is 23.7 Å². The van der Waals surface area contributed by atoms with Gasteiger partial charge < -0.3 is 29.7 Å². The lowest BCUT2D eigenvalue weighted by Gasteiger charge is -2.39. The Kier molecular flexibility index (Phi) is 10.4. The highest BCUT2D eigenvalue weighted by molar-refractivity contribution is 6.33. The zero-order valence-electron chi connectivity index (χ0n) is 34.8. The van der Waals surface area contributed by atoms with E-state index >= 15 is 17.6 Å². The van der Waals surface area contributed by atoms with E-state index in [9.17, 15) is 14.4 Å². The fourth-order valence-electron chi connectivity index (χ4n) is 9.54. The number of benzene rings is 2. The highest BCUT2D eigenvalue weighted by Gasteiger charge is 2.51. The number of nitrogens with zero attached hydrogens (tertiary/aromatic N) is 9. The number of piperidine rings is 2. The lowest BCUT2D eigenvalue weighted by atomic mass is 9.96. The number of ether oxygens (including phenoxy) is 1. The number of fused-ring (bicyclic) bond motifs is 4. The van der Waals surface area contributed by atoms with Crippen LogP contribution in [0.2, 0.25) is 5.02 Å². The van der Waals surface area contributed by atoms with E-state index < -0.39 is 35.8 Å². The van der Waals surface area contributed by atoms with Crippen LogP contribution in [0.3, 0.4) is 0 Å². The predicted molar refractivity (Wildman–Crippen MR) is 231 cm³/mol. The average molecular weight is 892 g/mol. The van der Waals surface area contributed by atoms with Crippen molar-refractivity contribution in [3.05, 3.63) is 57.5 Å². The fraction of sp³-hybridized carbons (Fsp3) is 0.488. The SMILES string of the molecule is Cn1nc(N2C(=O)CCCC2=O)c2cc(F)c(N3CCN(CC4CCN(c5ncc(Cl)c(Nc6cc7c8c(c(=O)n(C)c7cc6F)OCC(F)(F)[C@H](C6CC6)N8)n5)CC4)CC3)cc21. The molecule has 4 fully saturated rings. The van der Waals surface area contributed by atoms with E-state index in [1.54, 1.807) is 17.8 Å². The van der Waals surface area contributed by atoms with Gasteiger partial charge in [-0.15, -0.1) is 0 Å². The molecule has 0 radical (unpaired) electrons. The first-order valence-corrected chi connectivity index (χ1v) is 21.8. The molecule has 1 saturated carbocycles. The molecule has 2 N–H and O–H groups in total. The van der Waals surface area contributed by atoms with Gasteiger partial charge >= 0.3 is 5.92 Å². The first kappa shape index (κ1) is 41.3. The molecule has 332 valence electrons. The van der Waals surface area contributed by atoms with Crippen LogP contribution < -0.4 is 35.6 Å². The van der Waals surface area contributed by atoms with Crippen LogP contribution in [0.25, 0.3) is 21.8 Å². The Bertz CT molecular complexity index is 2710. The van der Waals surface area contributed by atoms with Gasteiger partial charge in [0, 0.05) is 89.6 Å². The van der Waals surface area contributed by atoms with Crippen molar-refractivity contribution in [3.63, 3.8) is 0 Å². The van der Waals surface area contributed by atoms with Crippen molar-refractivity contribution in [2.24, 2.45) is 25.9 Å². The summed E-state index contributed by atoms with van der Waals surface area (Å²) in [6, 6.07) is 4.53. The Morgan fingerprint density at radius 1 is 0.889 bits per heavy atom. The number of rotatable bonds is 8. The molecule has 10 rings (SSSR count). The quantitative estimate of drug-likeness (QED) is 0.135. The van der Waals surface area contributed by atoms with Gasteiger partial charge in [0.15, 0.2) is 18.2 Å². The van der Waals surface area contributed by atoms with Gasteiger partial charge in [-0.1, -0.05) is 11.6 Å². The Labute approximate surface area is 363 Å². The number of halogens is 5. The molecule has 2 amide bonds. The molecule has 0 spiro atoms. The summed E-state index contributed by atoms with van der Waals surface area (Å²) in [5.74, 6) is -4.33. The van der Waals surface area contributed by atoms with Crippen molar-refractivity contribution >= 4 is 79.9 Å². The molecule has 0 bridgehead atoms. The van der Waals surface area contributed by atoms with Gasteiger partial charge in [-0.25, -0.2) is 27.4 Å². The summed E-state index contributed by atoms with van der Waals surface area (Å²) in [4.78, 5) is 55.2. The van der Waals surface area contributed by atoms with Crippen LogP contribution in [0.15, 0.2) is 35.3 Å². The number of piperazine rings is 1. The second-order valence-corrected chi connectivity index (χ2v) is 17.8. The van der Waals surface area contributed by atoms with Crippen molar-refractivity contribution in [2.75, 3.05) is 77.8 Å². The molecule has 1 aliphatic carbocycles. The summed E-state index contributed by atoms with van der Waals surface area (Å²) in [7, 11) is 3.17. The maximum Gasteiger partial charge on any atom is 0.301 e. The molecule has 5 aliphatic rings. The van der Waals surface area contributed by atoms with Gasteiger partial charge in [0.25, 0.3) is 5.56 Å². The van der Waals surface area contributed by atoms with E-state index in [0.717, 1.165) is 37.4 Å². The Morgan fingerprint density at radius 2 is 1.62 bits per heavy atom. The summed E-state index contributed by atoms with van der Waals surface area (Å²) in [5, 5.41) is 11.3. The molecular weight excluding hydrogens is 846 g/mol. The summed E-state index contributed by atoms with van der Waals surface area (Å²) in [6.45, 7) is 4.06. The third-order valence-electron chi connectivity index (χ3n) is 13.2. The minimum Gasteiger partial charge on any atom is -0.480 e. The van der Waals surface area contributed by atoms with Crippen molar-refractivity contribution in [1.82, 2.24) is 29.2 Å². The number of carbonyl (C=O) groups is 2. The first-order valence-electron chi connectivity index (χ1n) is 21.4. The van der Waals surface area contributed by atoms with Gasteiger partial charge in [-0.05, 0) is 62.1 Å². The number of aryl methyl sites for hydroxylation is 2. The van der Waals surface area contributed by atoms with E-state index in [4.69, 9.17) is 16.3 Å². The molecule has 15 nitrogen and oxygen atoms in total. The largest absolute Gasteiger partial charge is 0.480 e. The smallest absolute Gasteiger partial charge is 0.301 e. The molecule has 1 atom stereocenters.